The molecule has 35 heavy (non-hydrogen) atoms. The van der Waals surface area contributed by atoms with Crippen molar-refractivity contribution < 1.29 is 23.5 Å². The standard InChI is InChI=1S/C27H26FN3O4/c1-30(27(33)18-12-14-19(34-2)15-13-18)17-26(32)31-24(21-9-5-7-11-25(21)35-3)16-23(29-31)20-8-4-6-10-22(20)28/h4-15,24H,16-17H2,1-3H3. The fraction of sp³-hybridized carbons (Fsp3) is 0.222. The number of carbonyl (C=O) groups is 2. The second-order valence-corrected chi connectivity index (χ2v) is 8.12. The van der Waals surface area contributed by atoms with Crippen LogP contribution in [0.3, 0.4) is 0 Å². The van der Waals surface area contributed by atoms with Gasteiger partial charge in [0.25, 0.3) is 11.8 Å². The number of amides is 2. The molecule has 0 radical (unpaired) electrons. The molecule has 0 aliphatic carbocycles. The third-order valence-electron chi connectivity index (χ3n) is 5.90. The SMILES string of the molecule is COc1ccc(C(=O)N(C)CC(=O)N2N=C(c3ccccc3F)CC2c2ccccc2OC)cc1. The molecular formula is C27H26FN3O4. The van der Waals surface area contributed by atoms with E-state index < -0.39 is 17.8 Å². The normalized spacial score (nSPS) is 14.9. The van der Waals surface area contributed by atoms with Crippen molar-refractivity contribution in [2.24, 2.45) is 5.10 Å². The first-order valence-corrected chi connectivity index (χ1v) is 11.1. The van der Waals surface area contributed by atoms with E-state index in [4.69, 9.17) is 9.47 Å². The average Bonchev–Trinajstić information content (AvgIpc) is 3.33. The minimum absolute atomic E-state index is 0.204. The van der Waals surface area contributed by atoms with Gasteiger partial charge in [-0.3, -0.25) is 9.59 Å². The highest BCUT2D eigenvalue weighted by atomic mass is 19.1. The summed E-state index contributed by atoms with van der Waals surface area (Å²) in [5, 5.41) is 5.84. The second-order valence-electron chi connectivity index (χ2n) is 8.12. The number of hydrogen-bond donors (Lipinski definition) is 0. The molecule has 1 atom stereocenters. The smallest absolute Gasteiger partial charge is 0.262 e. The van der Waals surface area contributed by atoms with Crippen LogP contribution in [0, 0.1) is 5.82 Å². The van der Waals surface area contributed by atoms with Crippen LogP contribution in [0.2, 0.25) is 0 Å². The largest absolute Gasteiger partial charge is 0.497 e. The zero-order valence-corrected chi connectivity index (χ0v) is 19.8. The Kier molecular flexibility index (Phi) is 7.10. The molecule has 3 aromatic rings. The van der Waals surface area contributed by atoms with E-state index in [0.29, 0.717) is 34.8 Å². The molecule has 1 heterocycles. The van der Waals surface area contributed by atoms with Gasteiger partial charge in [-0.05, 0) is 36.4 Å². The molecule has 7 nitrogen and oxygen atoms in total. The highest BCUT2D eigenvalue weighted by Crippen LogP contribution is 2.37. The Morgan fingerprint density at radius 1 is 1.00 bits per heavy atom. The third kappa shape index (κ3) is 5.01. The van der Waals surface area contributed by atoms with Crippen LogP contribution in [-0.4, -0.2) is 55.2 Å². The van der Waals surface area contributed by atoms with Crippen molar-refractivity contribution >= 4 is 17.5 Å². The van der Waals surface area contributed by atoms with Gasteiger partial charge in [-0.2, -0.15) is 5.10 Å². The molecule has 1 aliphatic rings. The molecule has 180 valence electrons. The fourth-order valence-corrected chi connectivity index (χ4v) is 4.08. The highest BCUT2D eigenvalue weighted by Gasteiger charge is 2.36. The van der Waals surface area contributed by atoms with Gasteiger partial charge in [-0.1, -0.05) is 36.4 Å². The van der Waals surface area contributed by atoms with Crippen LogP contribution in [0.4, 0.5) is 4.39 Å². The Hall–Kier alpha value is -4.20. The molecule has 0 saturated carbocycles. The van der Waals surface area contributed by atoms with Crippen LogP contribution in [0.5, 0.6) is 11.5 Å². The van der Waals surface area contributed by atoms with E-state index in [-0.39, 0.29) is 12.5 Å². The number of nitrogens with zero attached hydrogens (tertiary/aromatic N) is 3. The predicted octanol–water partition coefficient (Wildman–Crippen LogP) is 4.29. The first kappa shape index (κ1) is 23.9. The zero-order valence-electron chi connectivity index (χ0n) is 19.8. The Bertz CT molecular complexity index is 1260. The number of methoxy groups -OCH3 is 2. The molecule has 1 aliphatic heterocycles. The number of para-hydroxylation sites is 1. The summed E-state index contributed by atoms with van der Waals surface area (Å²) in [6, 6.07) is 19.8. The van der Waals surface area contributed by atoms with Crippen molar-refractivity contribution in [2.45, 2.75) is 12.5 Å². The van der Waals surface area contributed by atoms with E-state index in [1.807, 2.05) is 18.2 Å². The summed E-state index contributed by atoms with van der Waals surface area (Å²) in [5.74, 6) is 0.116. The lowest BCUT2D eigenvalue weighted by Gasteiger charge is -2.26. The first-order chi connectivity index (χ1) is 16.9. The highest BCUT2D eigenvalue weighted by molar-refractivity contribution is 6.04. The minimum Gasteiger partial charge on any atom is -0.497 e. The molecule has 0 saturated heterocycles. The summed E-state index contributed by atoms with van der Waals surface area (Å²) >= 11 is 0. The third-order valence-corrected chi connectivity index (χ3v) is 5.90. The number of hydrazone groups is 1. The molecule has 0 spiro atoms. The number of likely N-dealkylation sites (N-methyl/N-ethyl adjacent to an activating group) is 1. The van der Waals surface area contributed by atoms with E-state index in [1.165, 1.54) is 16.0 Å². The number of benzene rings is 3. The van der Waals surface area contributed by atoms with Crippen LogP contribution in [-0.2, 0) is 4.79 Å². The van der Waals surface area contributed by atoms with Gasteiger partial charge in [0.05, 0.1) is 26.0 Å². The maximum absolute atomic E-state index is 14.5. The average molecular weight is 476 g/mol. The summed E-state index contributed by atoms with van der Waals surface area (Å²) < 4.78 is 25.2. The summed E-state index contributed by atoms with van der Waals surface area (Å²) in [7, 11) is 4.66. The molecule has 4 rings (SSSR count). The Balaban J connectivity index is 1.61. The monoisotopic (exact) mass is 475 g/mol. The Labute approximate surface area is 203 Å². The lowest BCUT2D eigenvalue weighted by Crippen LogP contribution is -2.39. The van der Waals surface area contributed by atoms with E-state index in [2.05, 4.69) is 5.10 Å². The van der Waals surface area contributed by atoms with Gasteiger partial charge in [0.15, 0.2) is 0 Å². The second kappa shape index (κ2) is 10.4. The molecule has 0 bridgehead atoms. The van der Waals surface area contributed by atoms with Crippen molar-refractivity contribution in [1.29, 1.82) is 0 Å². The number of rotatable bonds is 7. The molecule has 8 heteroatoms. The van der Waals surface area contributed by atoms with Gasteiger partial charge in [0.2, 0.25) is 0 Å². The van der Waals surface area contributed by atoms with E-state index in [0.717, 1.165) is 5.56 Å². The van der Waals surface area contributed by atoms with Gasteiger partial charge in [-0.25, -0.2) is 9.40 Å². The van der Waals surface area contributed by atoms with E-state index >= 15 is 0 Å². The van der Waals surface area contributed by atoms with Crippen LogP contribution in [0.1, 0.15) is 33.9 Å². The van der Waals surface area contributed by atoms with Crippen molar-refractivity contribution in [3.63, 3.8) is 0 Å². The number of hydrogen-bond acceptors (Lipinski definition) is 5. The molecule has 1 unspecified atom stereocenters. The topological polar surface area (TPSA) is 71.4 Å². The molecule has 0 aromatic heterocycles. The molecule has 2 amide bonds. The van der Waals surface area contributed by atoms with Gasteiger partial charge >= 0.3 is 0 Å². The quantitative estimate of drug-likeness (QED) is 0.511. The lowest BCUT2D eigenvalue weighted by molar-refractivity contribution is -0.133. The number of ether oxygens (including phenoxy) is 2. The zero-order chi connectivity index (χ0) is 24.9. The lowest BCUT2D eigenvalue weighted by atomic mass is 9.97. The maximum Gasteiger partial charge on any atom is 0.262 e. The van der Waals surface area contributed by atoms with Crippen molar-refractivity contribution in [3.8, 4) is 11.5 Å². The molecular weight excluding hydrogens is 449 g/mol. The van der Waals surface area contributed by atoms with Gasteiger partial charge in [-0.15, -0.1) is 0 Å². The predicted molar refractivity (Wildman–Crippen MR) is 130 cm³/mol. The minimum atomic E-state index is -0.502. The molecule has 0 fully saturated rings. The van der Waals surface area contributed by atoms with Gasteiger partial charge in [0, 0.05) is 30.2 Å². The Morgan fingerprint density at radius 3 is 2.37 bits per heavy atom. The maximum atomic E-state index is 14.5. The summed E-state index contributed by atoms with van der Waals surface area (Å²) in [6.45, 7) is -0.204. The van der Waals surface area contributed by atoms with Crippen LogP contribution >= 0.6 is 0 Å². The van der Waals surface area contributed by atoms with Crippen molar-refractivity contribution in [3.05, 3.63) is 95.3 Å². The van der Waals surface area contributed by atoms with E-state index in [9.17, 15) is 14.0 Å². The van der Waals surface area contributed by atoms with Crippen molar-refractivity contribution in [2.75, 3.05) is 27.8 Å². The summed E-state index contributed by atoms with van der Waals surface area (Å²) in [6.07, 6.45) is 0.309. The number of carbonyl (C=O) groups excluding carboxylic acids is 2. The fourth-order valence-electron chi connectivity index (χ4n) is 4.08. The van der Waals surface area contributed by atoms with Crippen LogP contribution < -0.4 is 9.47 Å². The summed E-state index contributed by atoms with van der Waals surface area (Å²) in [4.78, 5) is 27.6. The Morgan fingerprint density at radius 2 is 1.69 bits per heavy atom. The van der Waals surface area contributed by atoms with Crippen molar-refractivity contribution in [1.82, 2.24) is 9.91 Å². The van der Waals surface area contributed by atoms with Crippen LogP contribution in [0.15, 0.2) is 77.9 Å². The number of halogens is 1. The van der Waals surface area contributed by atoms with E-state index in [1.54, 1.807) is 69.8 Å². The van der Waals surface area contributed by atoms with Crippen LogP contribution in [0.25, 0.3) is 0 Å². The molecule has 3 aromatic carbocycles. The molecule has 0 N–H and O–H groups in total. The summed E-state index contributed by atoms with van der Waals surface area (Å²) in [5.41, 5.74) is 1.98. The van der Waals surface area contributed by atoms with Gasteiger partial charge in [0.1, 0.15) is 23.9 Å². The van der Waals surface area contributed by atoms with Gasteiger partial charge < -0.3 is 14.4 Å². The first-order valence-electron chi connectivity index (χ1n) is 11.1.